The topological polar surface area (TPSA) is 42.2 Å². The molecular weight excluding hydrogens is 286 g/mol. The quantitative estimate of drug-likeness (QED) is 0.724. The molecule has 3 heteroatoms. The lowest BCUT2D eigenvalue weighted by atomic mass is 9.97. The van der Waals surface area contributed by atoms with E-state index in [4.69, 9.17) is 4.42 Å². The van der Waals surface area contributed by atoms with Crippen molar-refractivity contribution in [1.29, 1.82) is 0 Å². The molecule has 2 aromatic carbocycles. The van der Waals surface area contributed by atoms with Crippen LogP contribution in [-0.2, 0) is 0 Å². The van der Waals surface area contributed by atoms with Gasteiger partial charge in [0.1, 0.15) is 5.58 Å². The summed E-state index contributed by atoms with van der Waals surface area (Å²) in [5.74, 6) is 0.669. The normalized spacial score (nSPS) is 12.5. The van der Waals surface area contributed by atoms with Gasteiger partial charge in [-0.1, -0.05) is 62.4 Å². The van der Waals surface area contributed by atoms with E-state index in [0.29, 0.717) is 11.7 Å². The van der Waals surface area contributed by atoms with Gasteiger partial charge in [-0.15, -0.1) is 0 Å². The Labute approximate surface area is 136 Å². The Hall–Kier alpha value is -2.55. The highest BCUT2D eigenvalue weighted by Gasteiger charge is 2.19. The van der Waals surface area contributed by atoms with Crippen molar-refractivity contribution >= 4 is 16.9 Å². The first-order valence-electron chi connectivity index (χ1n) is 7.98. The molecule has 1 atom stereocenters. The van der Waals surface area contributed by atoms with Gasteiger partial charge in [-0.25, -0.2) is 0 Å². The van der Waals surface area contributed by atoms with Crippen LogP contribution < -0.4 is 5.32 Å². The van der Waals surface area contributed by atoms with E-state index in [2.05, 4.69) is 19.2 Å². The Balaban J connectivity index is 1.82. The van der Waals surface area contributed by atoms with E-state index in [9.17, 15) is 4.79 Å². The number of amides is 1. The lowest BCUT2D eigenvalue weighted by Crippen LogP contribution is -2.29. The van der Waals surface area contributed by atoms with Crippen LogP contribution in [0, 0.1) is 5.92 Å². The Bertz CT molecular complexity index is 757. The molecule has 0 aliphatic carbocycles. The Kier molecular flexibility index (Phi) is 4.47. The van der Waals surface area contributed by atoms with Crippen LogP contribution in [0.5, 0.6) is 0 Å². The van der Waals surface area contributed by atoms with Gasteiger partial charge in [-0.2, -0.15) is 0 Å². The second-order valence-electron chi connectivity index (χ2n) is 6.21. The minimum absolute atomic E-state index is 0.0167. The van der Waals surface area contributed by atoms with Gasteiger partial charge in [0.15, 0.2) is 5.76 Å². The number of carbonyl (C=O) groups is 1. The number of rotatable bonds is 5. The van der Waals surface area contributed by atoms with E-state index in [1.54, 1.807) is 6.07 Å². The van der Waals surface area contributed by atoms with Crippen LogP contribution in [0.2, 0.25) is 0 Å². The van der Waals surface area contributed by atoms with Crippen molar-refractivity contribution in [2.75, 3.05) is 0 Å². The highest BCUT2D eigenvalue weighted by Crippen LogP contribution is 2.23. The average Bonchev–Trinajstić information content (AvgIpc) is 2.99. The first kappa shape index (κ1) is 15.3. The second kappa shape index (κ2) is 6.69. The predicted molar refractivity (Wildman–Crippen MR) is 92.3 cm³/mol. The molecule has 0 saturated heterocycles. The molecule has 1 N–H and O–H groups in total. The number of benzene rings is 2. The largest absolute Gasteiger partial charge is 0.451 e. The Morgan fingerprint density at radius 3 is 2.43 bits per heavy atom. The van der Waals surface area contributed by atoms with Gasteiger partial charge in [-0.3, -0.25) is 4.79 Å². The molecule has 1 aromatic heterocycles. The molecule has 0 aliphatic rings. The molecule has 1 heterocycles. The minimum atomic E-state index is -0.171. The van der Waals surface area contributed by atoms with Crippen LogP contribution in [0.3, 0.4) is 0 Å². The molecule has 0 spiro atoms. The van der Waals surface area contributed by atoms with Gasteiger partial charge >= 0.3 is 0 Å². The monoisotopic (exact) mass is 307 g/mol. The zero-order valence-corrected chi connectivity index (χ0v) is 13.5. The third-order valence-corrected chi connectivity index (χ3v) is 3.86. The standard InChI is InChI=1S/C20H21NO2/c1-14(2)12-17(15-8-4-3-5-9-15)21-20(22)19-13-16-10-6-7-11-18(16)23-19/h3-11,13-14,17H,12H2,1-2H3,(H,21,22). The molecule has 3 aromatic rings. The molecule has 0 bridgehead atoms. The maximum Gasteiger partial charge on any atom is 0.287 e. The van der Waals surface area contributed by atoms with E-state index in [1.165, 1.54) is 0 Å². The number of carbonyl (C=O) groups excluding carboxylic acids is 1. The Morgan fingerprint density at radius 1 is 1.04 bits per heavy atom. The highest BCUT2D eigenvalue weighted by atomic mass is 16.3. The fourth-order valence-corrected chi connectivity index (χ4v) is 2.76. The third kappa shape index (κ3) is 3.62. The zero-order valence-electron chi connectivity index (χ0n) is 13.5. The first-order valence-corrected chi connectivity index (χ1v) is 7.98. The van der Waals surface area contributed by atoms with Crippen molar-refractivity contribution in [3.8, 4) is 0 Å². The van der Waals surface area contributed by atoms with Gasteiger partial charge in [0.2, 0.25) is 0 Å². The molecule has 3 nitrogen and oxygen atoms in total. The van der Waals surface area contributed by atoms with Crippen LogP contribution in [0.25, 0.3) is 11.0 Å². The number of fused-ring (bicyclic) bond motifs is 1. The molecule has 0 fully saturated rings. The fraction of sp³-hybridized carbons (Fsp3) is 0.250. The fourth-order valence-electron chi connectivity index (χ4n) is 2.76. The molecule has 3 rings (SSSR count). The van der Waals surface area contributed by atoms with Crippen LogP contribution in [0.15, 0.2) is 65.1 Å². The van der Waals surface area contributed by atoms with Gasteiger partial charge in [0.05, 0.1) is 6.04 Å². The van der Waals surface area contributed by atoms with E-state index in [0.717, 1.165) is 23.0 Å². The lowest BCUT2D eigenvalue weighted by molar-refractivity contribution is 0.0906. The predicted octanol–water partition coefficient (Wildman–Crippen LogP) is 4.95. The highest BCUT2D eigenvalue weighted by molar-refractivity contribution is 5.96. The van der Waals surface area contributed by atoms with Gasteiger partial charge in [0, 0.05) is 5.39 Å². The van der Waals surface area contributed by atoms with E-state index in [-0.39, 0.29) is 11.9 Å². The maximum absolute atomic E-state index is 12.6. The third-order valence-electron chi connectivity index (χ3n) is 3.86. The molecule has 0 radical (unpaired) electrons. The SMILES string of the molecule is CC(C)CC(NC(=O)c1cc2ccccc2o1)c1ccccc1. The molecule has 0 saturated carbocycles. The van der Waals surface area contributed by atoms with E-state index in [1.807, 2.05) is 54.6 Å². The smallest absolute Gasteiger partial charge is 0.287 e. The summed E-state index contributed by atoms with van der Waals surface area (Å²) in [5.41, 5.74) is 1.85. The van der Waals surface area contributed by atoms with Crippen molar-refractivity contribution in [1.82, 2.24) is 5.32 Å². The van der Waals surface area contributed by atoms with Crippen molar-refractivity contribution < 1.29 is 9.21 Å². The zero-order chi connectivity index (χ0) is 16.2. The second-order valence-corrected chi connectivity index (χ2v) is 6.21. The molecular formula is C20H21NO2. The number of hydrogen-bond acceptors (Lipinski definition) is 2. The summed E-state index contributed by atoms with van der Waals surface area (Å²) in [7, 11) is 0. The van der Waals surface area contributed by atoms with Gasteiger partial charge in [-0.05, 0) is 30.0 Å². The van der Waals surface area contributed by atoms with Crippen molar-refractivity contribution in [3.63, 3.8) is 0 Å². The van der Waals surface area contributed by atoms with Crippen molar-refractivity contribution in [2.24, 2.45) is 5.92 Å². The van der Waals surface area contributed by atoms with Crippen LogP contribution >= 0.6 is 0 Å². The number of furan rings is 1. The summed E-state index contributed by atoms with van der Waals surface area (Å²) in [5, 5.41) is 4.05. The van der Waals surface area contributed by atoms with Gasteiger partial charge < -0.3 is 9.73 Å². The lowest BCUT2D eigenvalue weighted by Gasteiger charge is -2.20. The summed E-state index contributed by atoms with van der Waals surface area (Å²) >= 11 is 0. The number of para-hydroxylation sites is 1. The molecule has 1 amide bonds. The number of hydrogen-bond donors (Lipinski definition) is 1. The van der Waals surface area contributed by atoms with Crippen LogP contribution in [-0.4, -0.2) is 5.91 Å². The molecule has 0 aliphatic heterocycles. The van der Waals surface area contributed by atoms with Crippen LogP contribution in [0.4, 0.5) is 0 Å². The summed E-state index contributed by atoms with van der Waals surface area (Å²) in [4.78, 5) is 12.6. The molecule has 1 unspecified atom stereocenters. The van der Waals surface area contributed by atoms with Crippen molar-refractivity contribution in [2.45, 2.75) is 26.3 Å². The molecule has 23 heavy (non-hydrogen) atoms. The molecule has 118 valence electrons. The first-order chi connectivity index (χ1) is 11.1. The average molecular weight is 307 g/mol. The summed E-state index contributed by atoms with van der Waals surface area (Å²) in [6.45, 7) is 4.31. The van der Waals surface area contributed by atoms with Crippen LogP contribution in [0.1, 0.15) is 42.4 Å². The Morgan fingerprint density at radius 2 is 1.74 bits per heavy atom. The summed E-state index contributed by atoms with van der Waals surface area (Å²) < 4.78 is 5.66. The number of nitrogens with one attached hydrogen (secondary N) is 1. The van der Waals surface area contributed by atoms with E-state index < -0.39 is 0 Å². The van der Waals surface area contributed by atoms with Gasteiger partial charge in [0.25, 0.3) is 5.91 Å². The minimum Gasteiger partial charge on any atom is -0.451 e. The maximum atomic E-state index is 12.6. The summed E-state index contributed by atoms with van der Waals surface area (Å²) in [6, 6.07) is 19.5. The summed E-state index contributed by atoms with van der Waals surface area (Å²) in [6.07, 6.45) is 0.885. The van der Waals surface area contributed by atoms with Crippen molar-refractivity contribution in [3.05, 3.63) is 72.0 Å². The van der Waals surface area contributed by atoms with E-state index >= 15 is 0 Å².